The first-order chi connectivity index (χ1) is 12.0. The molecule has 0 saturated heterocycles. The average molecular weight is 341 g/mol. The van der Waals surface area contributed by atoms with Crippen LogP contribution in [0.4, 0.5) is 0 Å². The van der Waals surface area contributed by atoms with Crippen molar-refractivity contribution in [2.75, 3.05) is 13.2 Å². The Morgan fingerprint density at radius 2 is 1.80 bits per heavy atom. The van der Waals surface area contributed by atoms with Crippen LogP contribution in [-0.4, -0.2) is 19.1 Å². The van der Waals surface area contributed by atoms with Gasteiger partial charge in [0.1, 0.15) is 18.1 Å². The van der Waals surface area contributed by atoms with Gasteiger partial charge in [-0.15, -0.1) is 0 Å². The molecule has 0 atom stereocenters. The van der Waals surface area contributed by atoms with E-state index >= 15 is 0 Å². The van der Waals surface area contributed by atoms with E-state index in [1.165, 1.54) is 11.1 Å². The molecule has 0 bridgehead atoms. The number of hydrogen-bond acceptors (Lipinski definition) is 3. The zero-order chi connectivity index (χ0) is 18.2. The van der Waals surface area contributed by atoms with Gasteiger partial charge in [-0.2, -0.15) is 0 Å². The van der Waals surface area contributed by atoms with Crippen molar-refractivity contribution in [3.63, 3.8) is 0 Å². The van der Waals surface area contributed by atoms with Crippen molar-refractivity contribution in [3.8, 4) is 11.5 Å². The van der Waals surface area contributed by atoms with E-state index in [0.717, 1.165) is 23.5 Å². The molecule has 134 valence electrons. The number of aryl methyl sites for hydroxylation is 2. The molecule has 2 rings (SSSR count). The first-order valence-electron chi connectivity index (χ1n) is 8.79. The number of hydrogen-bond donors (Lipinski definition) is 1. The van der Waals surface area contributed by atoms with Gasteiger partial charge in [0.05, 0.1) is 6.61 Å². The third-order valence-electron chi connectivity index (χ3n) is 4.03. The van der Waals surface area contributed by atoms with Crippen molar-refractivity contribution in [3.05, 3.63) is 58.7 Å². The second kappa shape index (κ2) is 9.11. The number of benzene rings is 2. The van der Waals surface area contributed by atoms with E-state index in [2.05, 4.69) is 19.2 Å². The van der Waals surface area contributed by atoms with Crippen LogP contribution < -0.4 is 14.8 Å². The molecule has 1 N–H and O–H groups in total. The number of carbonyl (C=O) groups is 1. The first-order valence-corrected chi connectivity index (χ1v) is 8.79. The normalized spacial score (nSPS) is 10.4. The Morgan fingerprint density at radius 3 is 2.48 bits per heavy atom. The Bertz CT molecular complexity index is 725. The summed E-state index contributed by atoms with van der Waals surface area (Å²) in [7, 11) is 0. The summed E-state index contributed by atoms with van der Waals surface area (Å²) in [5, 5.41) is 2.89. The summed E-state index contributed by atoms with van der Waals surface area (Å²) in [5.74, 6) is 1.49. The van der Waals surface area contributed by atoms with Crippen molar-refractivity contribution in [1.82, 2.24) is 5.32 Å². The number of carbonyl (C=O) groups excluding carboxylic acids is 1. The van der Waals surface area contributed by atoms with Crippen LogP contribution in [0, 0.1) is 13.8 Å². The van der Waals surface area contributed by atoms with Gasteiger partial charge in [-0.3, -0.25) is 4.79 Å². The molecule has 0 aliphatic carbocycles. The van der Waals surface area contributed by atoms with E-state index in [0.29, 0.717) is 25.3 Å². The molecule has 0 aliphatic rings. The summed E-state index contributed by atoms with van der Waals surface area (Å²) in [6, 6.07) is 11.5. The minimum absolute atomic E-state index is 0.0719. The van der Waals surface area contributed by atoms with E-state index in [9.17, 15) is 4.79 Å². The Morgan fingerprint density at radius 1 is 1.00 bits per heavy atom. The molecule has 0 saturated carbocycles. The third-order valence-corrected chi connectivity index (χ3v) is 4.03. The van der Waals surface area contributed by atoms with Gasteiger partial charge in [0.15, 0.2) is 0 Å². The number of nitrogens with one attached hydrogen (secondary N) is 1. The molecule has 0 aliphatic heterocycles. The second-order valence-electron chi connectivity index (χ2n) is 6.05. The molecule has 2 aromatic carbocycles. The van der Waals surface area contributed by atoms with E-state index in [1.807, 2.05) is 44.2 Å². The fourth-order valence-corrected chi connectivity index (χ4v) is 2.44. The Hall–Kier alpha value is -2.49. The molecule has 4 heteroatoms. The largest absolute Gasteiger partial charge is 0.493 e. The molecule has 2 aromatic rings. The fourth-order valence-electron chi connectivity index (χ4n) is 2.44. The Balaban J connectivity index is 2.17. The molecule has 1 amide bonds. The van der Waals surface area contributed by atoms with Crippen molar-refractivity contribution < 1.29 is 14.3 Å². The zero-order valence-corrected chi connectivity index (χ0v) is 15.5. The molecular weight excluding hydrogens is 314 g/mol. The topological polar surface area (TPSA) is 47.6 Å². The number of rotatable bonds is 8. The lowest BCUT2D eigenvalue weighted by atomic mass is 10.1. The van der Waals surface area contributed by atoms with Crippen LogP contribution in [0.5, 0.6) is 11.5 Å². The predicted octanol–water partition coefficient (Wildman–Crippen LogP) is 4.42. The van der Waals surface area contributed by atoms with Crippen LogP contribution in [-0.2, 0) is 6.61 Å². The quantitative estimate of drug-likeness (QED) is 0.773. The van der Waals surface area contributed by atoms with Gasteiger partial charge >= 0.3 is 0 Å². The summed E-state index contributed by atoms with van der Waals surface area (Å²) < 4.78 is 11.6. The molecule has 0 aromatic heterocycles. The lowest BCUT2D eigenvalue weighted by Crippen LogP contribution is -2.24. The minimum Gasteiger partial charge on any atom is -0.493 e. The SMILES string of the molecule is CCCNC(=O)c1ccc(OCC)c(COc2ccc(C)c(C)c2)c1. The molecule has 0 unspecified atom stereocenters. The smallest absolute Gasteiger partial charge is 0.251 e. The highest BCUT2D eigenvalue weighted by Crippen LogP contribution is 2.24. The maximum absolute atomic E-state index is 12.2. The monoisotopic (exact) mass is 341 g/mol. The minimum atomic E-state index is -0.0719. The summed E-state index contributed by atoms with van der Waals surface area (Å²) in [6.45, 7) is 9.69. The molecule has 0 fully saturated rings. The lowest BCUT2D eigenvalue weighted by molar-refractivity contribution is 0.0953. The standard InChI is InChI=1S/C21H27NO3/c1-5-11-22-21(23)17-8-10-20(24-6-2)18(13-17)14-25-19-9-7-15(3)16(4)12-19/h7-10,12-13H,5-6,11,14H2,1-4H3,(H,22,23). The molecule has 25 heavy (non-hydrogen) atoms. The van der Waals surface area contributed by atoms with E-state index in [4.69, 9.17) is 9.47 Å². The van der Waals surface area contributed by atoms with Gasteiger partial charge in [0.25, 0.3) is 5.91 Å². The van der Waals surface area contributed by atoms with Crippen LogP contribution in [0.25, 0.3) is 0 Å². The summed E-state index contributed by atoms with van der Waals surface area (Å²) >= 11 is 0. The number of ether oxygens (including phenoxy) is 2. The average Bonchev–Trinajstić information content (AvgIpc) is 2.61. The van der Waals surface area contributed by atoms with Crippen molar-refractivity contribution in [1.29, 1.82) is 0 Å². The van der Waals surface area contributed by atoms with Crippen molar-refractivity contribution in [2.24, 2.45) is 0 Å². The maximum atomic E-state index is 12.2. The molecule has 4 nitrogen and oxygen atoms in total. The van der Waals surface area contributed by atoms with Gasteiger partial charge in [0, 0.05) is 17.7 Å². The second-order valence-corrected chi connectivity index (χ2v) is 6.05. The fraction of sp³-hybridized carbons (Fsp3) is 0.381. The molecule has 0 spiro atoms. The lowest BCUT2D eigenvalue weighted by Gasteiger charge is -2.14. The summed E-state index contributed by atoms with van der Waals surface area (Å²) in [6.07, 6.45) is 0.908. The van der Waals surface area contributed by atoms with Gasteiger partial charge in [-0.1, -0.05) is 13.0 Å². The van der Waals surface area contributed by atoms with E-state index in [1.54, 1.807) is 6.07 Å². The molecule has 0 heterocycles. The van der Waals surface area contributed by atoms with Crippen LogP contribution in [0.3, 0.4) is 0 Å². The zero-order valence-electron chi connectivity index (χ0n) is 15.5. The van der Waals surface area contributed by atoms with Crippen molar-refractivity contribution in [2.45, 2.75) is 40.7 Å². The first kappa shape index (κ1) is 18.8. The van der Waals surface area contributed by atoms with Crippen LogP contribution in [0.1, 0.15) is 47.3 Å². The summed E-state index contributed by atoms with van der Waals surface area (Å²) in [4.78, 5) is 12.2. The highest BCUT2D eigenvalue weighted by Gasteiger charge is 2.11. The van der Waals surface area contributed by atoms with Crippen LogP contribution >= 0.6 is 0 Å². The van der Waals surface area contributed by atoms with Crippen molar-refractivity contribution >= 4 is 5.91 Å². The number of amides is 1. The predicted molar refractivity (Wildman–Crippen MR) is 100 cm³/mol. The summed E-state index contributed by atoms with van der Waals surface area (Å²) in [5.41, 5.74) is 3.91. The highest BCUT2D eigenvalue weighted by molar-refractivity contribution is 5.94. The van der Waals surface area contributed by atoms with E-state index in [-0.39, 0.29) is 5.91 Å². The molecular formula is C21H27NO3. The highest BCUT2D eigenvalue weighted by atomic mass is 16.5. The van der Waals surface area contributed by atoms with Crippen LogP contribution in [0.2, 0.25) is 0 Å². The Labute approximate surface area is 150 Å². The van der Waals surface area contributed by atoms with Gasteiger partial charge in [0.2, 0.25) is 0 Å². The van der Waals surface area contributed by atoms with Gasteiger partial charge < -0.3 is 14.8 Å². The Kier molecular flexibility index (Phi) is 6.87. The maximum Gasteiger partial charge on any atom is 0.251 e. The van der Waals surface area contributed by atoms with E-state index < -0.39 is 0 Å². The third kappa shape index (κ3) is 5.24. The van der Waals surface area contributed by atoms with Crippen LogP contribution in [0.15, 0.2) is 36.4 Å². The molecule has 0 radical (unpaired) electrons. The van der Waals surface area contributed by atoms with Gasteiger partial charge in [-0.25, -0.2) is 0 Å². The van der Waals surface area contributed by atoms with Gasteiger partial charge in [-0.05, 0) is 68.7 Å².